The lowest BCUT2D eigenvalue weighted by Crippen LogP contribution is -2.49. The van der Waals surface area contributed by atoms with Gasteiger partial charge in [-0.05, 0) is 33.2 Å². The molecular weight excluding hydrogens is 226 g/mol. The summed E-state index contributed by atoms with van der Waals surface area (Å²) in [5.41, 5.74) is 0.212. The normalized spacial score (nSPS) is 30.3. The molecule has 0 amide bonds. The molecule has 18 heavy (non-hydrogen) atoms. The first-order valence-corrected chi connectivity index (χ1v) is 6.86. The van der Waals surface area contributed by atoms with Gasteiger partial charge in [0.05, 0.1) is 6.54 Å². The second kappa shape index (κ2) is 5.36. The molecule has 0 radical (unpaired) electrons. The van der Waals surface area contributed by atoms with Crippen LogP contribution in [0.2, 0.25) is 0 Å². The fraction of sp³-hybridized carbons (Fsp3) is 0.846. The molecule has 5 heteroatoms. The standard InChI is InChI=1S/C13H25N5/c1-5-13(3)9-18(11(2)6-7-15-13)8-12-14-10-16-17(12)4/h10-11,15H,5-9H2,1-4H3. The maximum atomic E-state index is 4.34. The Bertz CT molecular complexity index is 388. The number of hydrogen-bond acceptors (Lipinski definition) is 4. The third kappa shape index (κ3) is 2.90. The van der Waals surface area contributed by atoms with Crippen LogP contribution in [0.4, 0.5) is 0 Å². The molecule has 0 saturated carbocycles. The summed E-state index contributed by atoms with van der Waals surface area (Å²) in [4.78, 5) is 6.86. The second-order valence-corrected chi connectivity index (χ2v) is 5.68. The van der Waals surface area contributed by atoms with E-state index < -0.39 is 0 Å². The zero-order valence-corrected chi connectivity index (χ0v) is 12.0. The molecule has 1 N–H and O–H groups in total. The number of nitrogens with one attached hydrogen (secondary N) is 1. The minimum absolute atomic E-state index is 0.212. The molecule has 2 rings (SSSR count). The van der Waals surface area contributed by atoms with E-state index in [2.05, 4.69) is 41.1 Å². The highest BCUT2D eigenvalue weighted by atomic mass is 15.3. The van der Waals surface area contributed by atoms with Gasteiger partial charge >= 0.3 is 0 Å². The van der Waals surface area contributed by atoms with E-state index in [0.29, 0.717) is 6.04 Å². The minimum Gasteiger partial charge on any atom is -0.310 e. The highest BCUT2D eigenvalue weighted by Gasteiger charge is 2.30. The summed E-state index contributed by atoms with van der Waals surface area (Å²) in [5, 5.41) is 7.83. The number of nitrogens with zero attached hydrogens (tertiary/aromatic N) is 4. The van der Waals surface area contributed by atoms with Gasteiger partial charge in [0.25, 0.3) is 0 Å². The predicted molar refractivity (Wildman–Crippen MR) is 72.2 cm³/mol. The van der Waals surface area contributed by atoms with Gasteiger partial charge in [-0.1, -0.05) is 6.92 Å². The van der Waals surface area contributed by atoms with Gasteiger partial charge in [-0.15, -0.1) is 0 Å². The molecule has 2 heterocycles. The molecule has 1 aliphatic heterocycles. The van der Waals surface area contributed by atoms with E-state index in [-0.39, 0.29) is 5.54 Å². The molecule has 2 atom stereocenters. The monoisotopic (exact) mass is 251 g/mol. The van der Waals surface area contributed by atoms with Crippen LogP contribution in [-0.4, -0.2) is 44.3 Å². The van der Waals surface area contributed by atoms with Crippen LogP contribution in [0.1, 0.15) is 39.4 Å². The van der Waals surface area contributed by atoms with E-state index in [0.717, 1.165) is 31.9 Å². The molecule has 0 aliphatic carbocycles. The Hall–Kier alpha value is -0.940. The van der Waals surface area contributed by atoms with Crippen molar-refractivity contribution in [3.8, 4) is 0 Å². The molecular formula is C13H25N5. The summed E-state index contributed by atoms with van der Waals surface area (Å²) in [6, 6.07) is 0.586. The minimum atomic E-state index is 0.212. The Kier molecular flexibility index (Phi) is 4.02. The van der Waals surface area contributed by atoms with E-state index in [1.807, 2.05) is 11.7 Å². The summed E-state index contributed by atoms with van der Waals surface area (Å²) < 4.78 is 1.87. The fourth-order valence-corrected chi connectivity index (χ4v) is 2.52. The molecule has 0 aromatic carbocycles. The summed E-state index contributed by atoms with van der Waals surface area (Å²) in [6.07, 6.45) is 3.97. The molecule has 0 bridgehead atoms. The van der Waals surface area contributed by atoms with Crippen LogP contribution in [-0.2, 0) is 13.6 Å². The summed E-state index contributed by atoms with van der Waals surface area (Å²) in [7, 11) is 1.96. The largest absolute Gasteiger partial charge is 0.310 e. The first-order valence-electron chi connectivity index (χ1n) is 6.86. The molecule has 1 aromatic rings. The van der Waals surface area contributed by atoms with Crippen molar-refractivity contribution in [1.82, 2.24) is 25.0 Å². The summed E-state index contributed by atoms with van der Waals surface area (Å²) in [5.74, 6) is 1.04. The van der Waals surface area contributed by atoms with Crippen molar-refractivity contribution in [2.75, 3.05) is 13.1 Å². The number of hydrogen-bond donors (Lipinski definition) is 1. The van der Waals surface area contributed by atoms with Crippen LogP contribution < -0.4 is 5.32 Å². The zero-order valence-electron chi connectivity index (χ0n) is 12.0. The molecule has 102 valence electrons. The van der Waals surface area contributed by atoms with Crippen LogP contribution in [0.15, 0.2) is 6.33 Å². The number of aromatic nitrogens is 3. The van der Waals surface area contributed by atoms with Gasteiger partial charge in [-0.2, -0.15) is 5.10 Å². The van der Waals surface area contributed by atoms with Gasteiger partial charge in [0, 0.05) is 25.2 Å². The van der Waals surface area contributed by atoms with Gasteiger partial charge in [-0.25, -0.2) is 4.98 Å². The smallest absolute Gasteiger partial charge is 0.140 e. The van der Waals surface area contributed by atoms with Gasteiger partial charge in [-0.3, -0.25) is 9.58 Å². The van der Waals surface area contributed by atoms with E-state index in [4.69, 9.17) is 0 Å². The van der Waals surface area contributed by atoms with Crippen LogP contribution in [0, 0.1) is 0 Å². The maximum Gasteiger partial charge on any atom is 0.140 e. The van der Waals surface area contributed by atoms with Crippen molar-refractivity contribution < 1.29 is 0 Å². The summed E-state index contributed by atoms with van der Waals surface area (Å²) >= 11 is 0. The molecule has 1 fully saturated rings. The molecule has 1 aromatic heterocycles. The van der Waals surface area contributed by atoms with Crippen LogP contribution >= 0.6 is 0 Å². The number of aryl methyl sites for hydroxylation is 1. The van der Waals surface area contributed by atoms with E-state index in [1.54, 1.807) is 6.33 Å². The molecule has 0 spiro atoms. The third-order valence-electron chi connectivity index (χ3n) is 4.22. The average molecular weight is 251 g/mol. The van der Waals surface area contributed by atoms with Crippen LogP contribution in [0.25, 0.3) is 0 Å². The zero-order chi connectivity index (χ0) is 13.2. The molecule has 1 saturated heterocycles. The first-order chi connectivity index (χ1) is 8.54. The van der Waals surface area contributed by atoms with Crippen LogP contribution in [0.3, 0.4) is 0 Å². The van der Waals surface area contributed by atoms with Crippen molar-refractivity contribution in [3.63, 3.8) is 0 Å². The van der Waals surface area contributed by atoms with E-state index in [1.165, 1.54) is 6.42 Å². The Morgan fingerprint density at radius 1 is 1.56 bits per heavy atom. The van der Waals surface area contributed by atoms with Gasteiger partial charge < -0.3 is 5.32 Å². The van der Waals surface area contributed by atoms with Crippen molar-refractivity contribution in [2.24, 2.45) is 7.05 Å². The van der Waals surface area contributed by atoms with Crippen molar-refractivity contribution in [3.05, 3.63) is 12.2 Å². The van der Waals surface area contributed by atoms with Crippen molar-refractivity contribution in [1.29, 1.82) is 0 Å². The van der Waals surface area contributed by atoms with Crippen LogP contribution in [0.5, 0.6) is 0 Å². The van der Waals surface area contributed by atoms with Crippen molar-refractivity contribution in [2.45, 2.75) is 51.7 Å². The van der Waals surface area contributed by atoms with Gasteiger partial charge in [0.15, 0.2) is 0 Å². The maximum absolute atomic E-state index is 4.34. The Morgan fingerprint density at radius 2 is 2.33 bits per heavy atom. The second-order valence-electron chi connectivity index (χ2n) is 5.68. The van der Waals surface area contributed by atoms with Gasteiger partial charge in [0.2, 0.25) is 0 Å². The predicted octanol–water partition coefficient (Wildman–Crippen LogP) is 1.17. The Labute approximate surface area is 110 Å². The molecule has 2 unspecified atom stereocenters. The number of rotatable bonds is 3. The molecule has 5 nitrogen and oxygen atoms in total. The molecule has 1 aliphatic rings. The SMILES string of the molecule is CCC1(C)CN(Cc2ncnn2C)C(C)CCN1. The third-order valence-corrected chi connectivity index (χ3v) is 4.22. The van der Waals surface area contributed by atoms with Gasteiger partial charge in [0.1, 0.15) is 12.2 Å². The highest BCUT2D eigenvalue weighted by molar-refractivity contribution is 4.93. The Morgan fingerprint density at radius 3 is 2.94 bits per heavy atom. The average Bonchev–Trinajstić information content (AvgIpc) is 2.67. The highest BCUT2D eigenvalue weighted by Crippen LogP contribution is 2.20. The van der Waals surface area contributed by atoms with Crippen molar-refractivity contribution >= 4 is 0 Å². The Balaban J connectivity index is 2.11. The summed E-state index contributed by atoms with van der Waals surface area (Å²) in [6.45, 7) is 9.92. The topological polar surface area (TPSA) is 46.0 Å². The lowest BCUT2D eigenvalue weighted by atomic mass is 9.98. The lowest BCUT2D eigenvalue weighted by Gasteiger charge is -2.34. The fourth-order valence-electron chi connectivity index (χ4n) is 2.52. The lowest BCUT2D eigenvalue weighted by molar-refractivity contribution is 0.158. The van der Waals surface area contributed by atoms with E-state index >= 15 is 0 Å². The first kappa shape index (κ1) is 13.5. The van der Waals surface area contributed by atoms with E-state index in [9.17, 15) is 0 Å². The quantitative estimate of drug-likeness (QED) is 0.876.